The maximum atomic E-state index is 12.3. The Morgan fingerprint density at radius 3 is 2.57 bits per heavy atom. The molecule has 0 spiro atoms. The fourth-order valence-electron chi connectivity index (χ4n) is 0.733. The topological polar surface area (TPSA) is 26.3 Å². The maximum absolute atomic E-state index is 12.3. The van der Waals surface area contributed by atoms with Crippen molar-refractivity contribution in [2.24, 2.45) is 0 Å². The summed E-state index contributed by atoms with van der Waals surface area (Å²) in [6.07, 6.45) is 0.625. The van der Waals surface area contributed by atoms with Crippen molar-refractivity contribution >= 4 is 28.6 Å². The molecule has 0 amide bonds. The van der Waals surface area contributed by atoms with Crippen molar-refractivity contribution in [1.82, 2.24) is 0 Å². The van der Waals surface area contributed by atoms with Crippen LogP contribution >= 0.6 is 22.6 Å². The molecule has 0 radical (unpaired) electrons. The summed E-state index contributed by atoms with van der Waals surface area (Å²) < 4.78 is 29.6. The van der Waals surface area contributed by atoms with E-state index < -0.39 is 18.3 Å². The van der Waals surface area contributed by atoms with Gasteiger partial charge in [0.15, 0.2) is 0 Å². The zero-order valence-electron chi connectivity index (χ0n) is 8.36. The highest BCUT2D eigenvalue weighted by Gasteiger charge is 2.21. The summed E-state index contributed by atoms with van der Waals surface area (Å²) in [4.78, 5) is 11.0. The highest BCUT2D eigenvalue weighted by Crippen LogP contribution is 2.16. The van der Waals surface area contributed by atoms with Crippen molar-refractivity contribution in [3.63, 3.8) is 0 Å². The first kappa shape index (κ1) is 14.1. The van der Waals surface area contributed by atoms with Crippen molar-refractivity contribution < 1.29 is 18.3 Å². The molecule has 0 aliphatic heterocycles. The summed E-state index contributed by atoms with van der Waals surface area (Å²) in [6, 6.07) is 0. The van der Waals surface area contributed by atoms with Gasteiger partial charge in [-0.25, -0.2) is 8.78 Å². The zero-order chi connectivity index (χ0) is 11.2. The van der Waals surface area contributed by atoms with Gasteiger partial charge < -0.3 is 4.74 Å². The number of alkyl halides is 3. The van der Waals surface area contributed by atoms with Crippen LogP contribution in [0.25, 0.3) is 0 Å². The molecule has 14 heavy (non-hydrogen) atoms. The van der Waals surface area contributed by atoms with Crippen LogP contribution in [-0.4, -0.2) is 22.4 Å². The van der Waals surface area contributed by atoms with Crippen molar-refractivity contribution in [2.45, 2.75) is 43.0 Å². The average Bonchev–Trinajstić information content (AvgIpc) is 1.98. The van der Waals surface area contributed by atoms with Crippen LogP contribution in [-0.2, 0) is 9.53 Å². The van der Waals surface area contributed by atoms with E-state index in [4.69, 9.17) is 0 Å². The average molecular weight is 320 g/mol. The highest BCUT2D eigenvalue weighted by molar-refractivity contribution is 14.1. The molecule has 5 heteroatoms. The molecule has 0 fully saturated rings. The van der Waals surface area contributed by atoms with Crippen LogP contribution in [0.1, 0.15) is 33.1 Å². The van der Waals surface area contributed by atoms with Crippen molar-refractivity contribution in [1.29, 1.82) is 0 Å². The lowest BCUT2D eigenvalue weighted by atomic mass is 10.2. The second kappa shape index (κ2) is 6.53. The van der Waals surface area contributed by atoms with Crippen molar-refractivity contribution in [2.75, 3.05) is 6.61 Å². The summed E-state index contributed by atoms with van der Waals surface area (Å²) in [5.74, 6) is -3.14. The van der Waals surface area contributed by atoms with Gasteiger partial charge in [-0.2, -0.15) is 0 Å². The third-order valence-electron chi connectivity index (χ3n) is 1.55. The summed E-state index contributed by atoms with van der Waals surface area (Å²) >= 11 is 2.20. The fourth-order valence-corrected chi connectivity index (χ4v) is 1.04. The first-order valence-electron chi connectivity index (χ1n) is 4.49. The summed E-state index contributed by atoms with van der Waals surface area (Å²) in [5, 5.41) is 0. The van der Waals surface area contributed by atoms with E-state index in [-0.39, 0.29) is 6.61 Å². The Morgan fingerprint density at radius 2 is 2.14 bits per heavy atom. The molecule has 0 aromatic carbocycles. The monoisotopic (exact) mass is 320 g/mol. The second-order valence-corrected chi connectivity index (χ2v) is 5.49. The van der Waals surface area contributed by atoms with E-state index in [0.717, 1.165) is 13.3 Å². The highest BCUT2D eigenvalue weighted by atomic mass is 127. The number of esters is 1. The molecular weight excluding hydrogens is 305 g/mol. The van der Waals surface area contributed by atoms with Gasteiger partial charge in [0.1, 0.15) is 0 Å². The van der Waals surface area contributed by atoms with Crippen LogP contribution in [0.4, 0.5) is 8.78 Å². The van der Waals surface area contributed by atoms with Crippen LogP contribution in [0, 0.1) is 0 Å². The van der Waals surface area contributed by atoms with Crippen LogP contribution in [0.3, 0.4) is 0 Å². The Morgan fingerprint density at radius 1 is 1.57 bits per heavy atom. The quantitative estimate of drug-likeness (QED) is 0.427. The molecule has 0 heterocycles. The Bertz CT molecular complexity index is 178. The number of hydrogen-bond acceptors (Lipinski definition) is 2. The van der Waals surface area contributed by atoms with E-state index in [9.17, 15) is 13.6 Å². The molecule has 0 saturated heterocycles. The smallest absolute Gasteiger partial charge is 0.305 e. The number of carbonyl (C=O) groups excluding carboxylic acids is 1. The summed E-state index contributed by atoms with van der Waals surface area (Å²) in [7, 11) is 0. The third kappa shape index (κ3) is 10.1. The van der Waals surface area contributed by atoms with Gasteiger partial charge in [0, 0.05) is 16.8 Å². The minimum absolute atomic E-state index is 0.196. The van der Waals surface area contributed by atoms with Gasteiger partial charge in [0.05, 0.1) is 6.61 Å². The van der Waals surface area contributed by atoms with E-state index in [2.05, 4.69) is 27.3 Å². The minimum atomic E-state index is -2.75. The normalized spacial score (nSPS) is 13.8. The van der Waals surface area contributed by atoms with Crippen LogP contribution in [0.5, 0.6) is 0 Å². The van der Waals surface area contributed by atoms with E-state index >= 15 is 0 Å². The van der Waals surface area contributed by atoms with E-state index in [1.54, 1.807) is 0 Å². The summed E-state index contributed by atoms with van der Waals surface area (Å²) in [5.41, 5.74) is 0. The Balaban J connectivity index is 3.46. The standard InChI is InChI=1S/C9H15F2IO2/c1-7(12)3-4-8(13)14-6-5-9(2,10)11/h7H,3-6H2,1-2H3. The van der Waals surface area contributed by atoms with E-state index in [1.165, 1.54) is 0 Å². The van der Waals surface area contributed by atoms with Gasteiger partial charge in [0.2, 0.25) is 5.92 Å². The Kier molecular flexibility index (Phi) is 6.55. The molecule has 0 bridgehead atoms. The van der Waals surface area contributed by atoms with Crippen LogP contribution in [0.2, 0.25) is 0 Å². The van der Waals surface area contributed by atoms with Crippen molar-refractivity contribution in [3.8, 4) is 0 Å². The molecule has 0 saturated carbocycles. The molecule has 0 N–H and O–H groups in total. The molecular formula is C9H15F2IO2. The Hall–Kier alpha value is 0.0600. The number of carbonyl (C=O) groups is 1. The maximum Gasteiger partial charge on any atom is 0.305 e. The predicted molar refractivity (Wildman–Crippen MR) is 58.9 cm³/mol. The second-order valence-electron chi connectivity index (χ2n) is 3.36. The lowest BCUT2D eigenvalue weighted by Gasteiger charge is -2.10. The van der Waals surface area contributed by atoms with Crippen molar-refractivity contribution in [3.05, 3.63) is 0 Å². The fraction of sp³-hybridized carbons (Fsp3) is 0.889. The van der Waals surface area contributed by atoms with Gasteiger partial charge >= 0.3 is 5.97 Å². The Labute approximate surface area is 96.5 Å². The molecule has 1 unspecified atom stereocenters. The van der Waals surface area contributed by atoms with Gasteiger partial charge in [-0.1, -0.05) is 29.5 Å². The lowest BCUT2D eigenvalue weighted by molar-refractivity contribution is -0.145. The molecule has 0 aromatic rings. The van der Waals surface area contributed by atoms with Gasteiger partial charge in [0.25, 0.3) is 0 Å². The van der Waals surface area contributed by atoms with Crippen LogP contribution in [0.15, 0.2) is 0 Å². The molecule has 2 nitrogen and oxygen atoms in total. The largest absolute Gasteiger partial charge is 0.465 e. The van der Waals surface area contributed by atoms with Gasteiger partial charge in [-0.3, -0.25) is 4.79 Å². The van der Waals surface area contributed by atoms with E-state index in [1.807, 2.05) is 6.92 Å². The molecule has 0 aliphatic rings. The number of rotatable bonds is 6. The minimum Gasteiger partial charge on any atom is -0.465 e. The van der Waals surface area contributed by atoms with Gasteiger partial charge in [-0.15, -0.1) is 0 Å². The number of ether oxygens (including phenoxy) is 1. The molecule has 0 aromatic heterocycles. The van der Waals surface area contributed by atoms with E-state index in [0.29, 0.717) is 10.3 Å². The van der Waals surface area contributed by atoms with Gasteiger partial charge in [-0.05, 0) is 13.3 Å². The number of halogens is 3. The molecule has 0 rings (SSSR count). The molecule has 1 atom stereocenters. The summed E-state index contributed by atoms with van der Waals surface area (Å²) in [6.45, 7) is 2.60. The first-order chi connectivity index (χ1) is 6.31. The molecule has 84 valence electrons. The first-order valence-corrected chi connectivity index (χ1v) is 5.73. The SMILES string of the molecule is CC(I)CCC(=O)OCCC(C)(F)F. The number of hydrogen-bond donors (Lipinski definition) is 0. The predicted octanol–water partition coefficient (Wildman–Crippen LogP) is 3.18. The lowest BCUT2D eigenvalue weighted by Crippen LogP contribution is -2.16. The molecule has 0 aliphatic carbocycles. The zero-order valence-corrected chi connectivity index (χ0v) is 10.5. The third-order valence-corrected chi connectivity index (χ3v) is 2.17. The van der Waals surface area contributed by atoms with Crippen LogP contribution < -0.4 is 0 Å².